The number of anilines is 1. The minimum absolute atomic E-state index is 0. The average Bonchev–Trinajstić information content (AvgIpc) is 3.10. The summed E-state index contributed by atoms with van der Waals surface area (Å²) < 4.78 is 5.92. The van der Waals surface area contributed by atoms with Crippen LogP contribution in [0.5, 0.6) is 0 Å². The lowest BCUT2D eigenvalue weighted by Gasteiger charge is -2.55. The molecule has 3 aliphatic rings. The maximum atomic E-state index is 6.36. The van der Waals surface area contributed by atoms with Crippen LogP contribution in [0.1, 0.15) is 20.3 Å². The van der Waals surface area contributed by atoms with Gasteiger partial charge in [-0.05, 0) is 18.6 Å². The molecule has 1 N–H and O–H groups in total. The summed E-state index contributed by atoms with van der Waals surface area (Å²) in [5.74, 6) is 1.64. The molecule has 0 radical (unpaired) electrons. The summed E-state index contributed by atoms with van der Waals surface area (Å²) >= 11 is 6.36. The Hall–Kier alpha value is -0.730. The van der Waals surface area contributed by atoms with Crippen molar-refractivity contribution in [3.05, 3.63) is 29.3 Å². The van der Waals surface area contributed by atoms with Crippen molar-refractivity contribution in [2.45, 2.75) is 32.4 Å². The Morgan fingerprint density at radius 1 is 1.22 bits per heavy atom. The van der Waals surface area contributed by atoms with E-state index >= 15 is 0 Å². The summed E-state index contributed by atoms with van der Waals surface area (Å²) in [5, 5.41) is 4.58. The van der Waals surface area contributed by atoms with E-state index in [1.54, 1.807) is 0 Å². The van der Waals surface area contributed by atoms with Crippen LogP contribution in [0, 0.1) is 11.3 Å². The first-order valence-electron chi connectivity index (χ1n) is 9.61. The Morgan fingerprint density at radius 2 is 1.93 bits per heavy atom. The van der Waals surface area contributed by atoms with E-state index in [1.165, 1.54) is 0 Å². The molecule has 150 valence electrons. The molecule has 4 rings (SSSR count). The van der Waals surface area contributed by atoms with Crippen molar-refractivity contribution in [1.29, 1.82) is 0 Å². The topological polar surface area (TPSA) is 40.1 Å². The van der Waals surface area contributed by atoms with Crippen LogP contribution in [0.15, 0.2) is 29.3 Å². The Balaban J connectivity index is 0.00000210. The van der Waals surface area contributed by atoms with E-state index in [0.29, 0.717) is 18.1 Å². The summed E-state index contributed by atoms with van der Waals surface area (Å²) in [6, 6.07) is 8.53. The number of para-hydroxylation sites is 1. The average molecular weight is 505 g/mol. The van der Waals surface area contributed by atoms with Crippen molar-refractivity contribution in [2.75, 3.05) is 44.7 Å². The van der Waals surface area contributed by atoms with Crippen LogP contribution < -0.4 is 10.2 Å². The zero-order chi connectivity index (χ0) is 18.3. The summed E-state index contributed by atoms with van der Waals surface area (Å²) in [7, 11) is 1.89. The summed E-state index contributed by atoms with van der Waals surface area (Å²) in [6.07, 6.45) is 1.55. The zero-order valence-electron chi connectivity index (χ0n) is 16.3. The number of piperazine rings is 1. The van der Waals surface area contributed by atoms with Crippen LogP contribution in [0.4, 0.5) is 5.69 Å². The number of benzene rings is 1. The summed E-state index contributed by atoms with van der Waals surface area (Å²) in [6.45, 7) is 9.30. The first-order chi connectivity index (χ1) is 12.5. The van der Waals surface area contributed by atoms with Gasteiger partial charge in [0.05, 0.1) is 16.8 Å². The number of hydrogen-bond donors (Lipinski definition) is 1. The monoisotopic (exact) mass is 504 g/mol. The van der Waals surface area contributed by atoms with Crippen LogP contribution in [0.3, 0.4) is 0 Å². The number of fused-ring (bicyclic) bond motifs is 1. The molecular formula is C20H30ClIN4O. The fourth-order valence-corrected chi connectivity index (χ4v) is 5.18. The molecule has 2 saturated heterocycles. The molecule has 3 fully saturated rings. The summed E-state index contributed by atoms with van der Waals surface area (Å²) in [5.41, 5.74) is 1.29. The van der Waals surface area contributed by atoms with Crippen LogP contribution in [-0.4, -0.2) is 62.8 Å². The van der Waals surface area contributed by atoms with Gasteiger partial charge in [-0.3, -0.25) is 4.99 Å². The van der Waals surface area contributed by atoms with E-state index in [9.17, 15) is 0 Å². The van der Waals surface area contributed by atoms with Gasteiger partial charge in [-0.25, -0.2) is 0 Å². The van der Waals surface area contributed by atoms with Gasteiger partial charge < -0.3 is 19.9 Å². The molecule has 7 heteroatoms. The van der Waals surface area contributed by atoms with E-state index in [2.05, 4.69) is 40.0 Å². The second kappa shape index (κ2) is 8.33. The lowest BCUT2D eigenvalue weighted by Crippen LogP contribution is -2.68. The smallest absolute Gasteiger partial charge is 0.194 e. The third kappa shape index (κ3) is 3.77. The first-order valence-corrected chi connectivity index (χ1v) is 9.99. The predicted octanol–water partition coefficient (Wildman–Crippen LogP) is 3.47. The largest absolute Gasteiger partial charge is 0.377 e. The Labute approximate surface area is 184 Å². The molecule has 1 aromatic carbocycles. The fourth-order valence-electron chi connectivity index (χ4n) is 4.92. The van der Waals surface area contributed by atoms with E-state index in [1.807, 2.05) is 25.2 Å². The van der Waals surface area contributed by atoms with Crippen LogP contribution in [-0.2, 0) is 4.74 Å². The lowest BCUT2D eigenvalue weighted by atomic mass is 9.57. The number of hydrogen-bond acceptors (Lipinski definition) is 3. The molecule has 0 amide bonds. The number of ether oxygens (including phenoxy) is 1. The second-order valence-corrected chi connectivity index (χ2v) is 8.57. The van der Waals surface area contributed by atoms with Gasteiger partial charge in [0, 0.05) is 57.2 Å². The SMILES string of the molecule is CN=C(NC1C2CCOC2C1(C)C)N1CCN(c2ccccc2Cl)CC1.I. The minimum atomic E-state index is 0. The maximum absolute atomic E-state index is 6.36. The van der Waals surface area contributed by atoms with Crippen molar-refractivity contribution in [3.63, 3.8) is 0 Å². The fraction of sp³-hybridized carbons (Fsp3) is 0.650. The van der Waals surface area contributed by atoms with Gasteiger partial charge in [0.25, 0.3) is 0 Å². The molecule has 3 atom stereocenters. The molecule has 3 unspecified atom stereocenters. The van der Waals surface area contributed by atoms with Gasteiger partial charge in [0.1, 0.15) is 0 Å². The van der Waals surface area contributed by atoms with Gasteiger partial charge in [-0.15, -0.1) is 24.0 Å². The Kier molecular flexibility index (Phi) is 6.48. The highest BCUT2D eigenvalue weighted by atomic mass is 127. The third-order valence-corrected chi connectivity index (χ3v) is 6.69. The maximum Gasteiger partial charge on any atom is 0.194 e. The van der Waals surface area contributed by atoms with Crippen molar-refractivity contribution in [3.8, 4) is 0 Å². The van der Waals surface area contributed by atoms with E-state index in [0.717, 1.165) is 55.9 Å². The van der Waals surface area contributed by atoms with Gasteiger partial charge in [0.2, 0.25) is 0 Å². The molecule has 1 aromatic rings. The van der Waals surface area contributed by atoms with Crippen LogP contribution >= 0.6 is 35.6 Å². The molecule has 1 aliphatic carbocycles. The third-order valence-electron chi connectivity index (χ3n) is 6.37. The van der Waals surface area contributed by atoms with Crippen LogP contribution in [0.2, 0.25) is 5.02 Å². The van der Waals surface area contributed by atoms with E-state index < -0.39 is 0 Å². The molecular weight excluding hydrogens is 475 g/mol. The molecule has 27 heavy (non-hydrogen) atoms. The van der Waals surface area contributed by atoms with Crippen molar-refractivity contribution in [2.24, 2.45) is 16.3 Å². The molecule has 0 aromatic heterocycles. The van der Waals surface area contributed by atoms with Gasteiger partial charge >= 0.3 is 0 Å². The van der Waals surface area contributed by atoms with Crippen LogP contribution in [0.25, 0.3) is 0 Å². The molecule has 0 spiro atoms. The predicted molar refractivity (Wildman–Crippen MR) is 123 cm³/mol. The Bertz CT molecular complexity index is 690. The number of nitrogens with zero attached hydrogens (tertiary/aromatic N) is 3. The van der Waals surface area contributed by atoms with Crippen molar-refractivity contribution >= 4 is 47.2 Å². The highest BCUT2D eigenvalue weighted by molar-refractivity contribution is 14.0. The van der Waals surface area contributed by atoms with E-state index in [-0.39, 0.29) is 29.4 Å². The highest BCUT2D eigenvalue weighted by Gasteiger charge is 2.59. The number of halogens is 2. The molecule has 2 heterocycles. The molecule has 5 nitrogen and oxygen atoms in total. The Morgan fingerprint density at radius 3 is 2.59 bits per heavy atom. The minimum Gasteiger partial charge on any atom is -0.377 e. The lowest BCUT2D eigenvalue weighted by molar-refractivity contribution is -0.107. The number of guanidine groups is 1. The van der Waals surface area contributed by atoms with Crippen molar-refractivity contribution in [1.82, 2.24) is 10.2 Å². The summed E-state index contributed by atoms with van der Waals surface area (Å²) in [4.78, 5) is 9.30. The first kappa shape index (κ1) is 21.0. The normalized spacial score (nSPS) is 29.6. The van der Waals surface area contributed by atoms with Crippen molar-refractivity contribution < 1.29 is 4.74 Å². The molecule has 0 bridgehead atoms. The molecule has 2 aliphatic heterocycles. The number of rotatable bonds is 2. The second-order valence-electron chi connectivity index (χ2n) is 8.16. The van der Waals surface area contributed by atoms with Gasteiger partial charge in [0.15, 0.2) is 5.96 Å². The van der Waals surface area contributed by atoms with E-state index in [4.69, 9.17) is 16.3 Å². The number of aliphatic imine (C=N–C) groups is 1. The quantitative estimate of drug-likeness (QED) is 0.380. The zero-order valence-corrected chi connectivity index (χ0v) is 19.4. The van der Waals surface area contributed by atoms with Gasteiger partial charge in [-0.1, -0.05) is 37.6 Å². The van der Waals surface area contributed by atoms with Gasteiger partial charge in [-0.2, -0.15) is 0 Å². The number of nitrogens with one attached hydrogen (secondary N) is 1. The standard InChI is InChI=1S/C20H29ClN4O.HI/c1-20(2)17(14-8-13-26-18(14)20)23-19(22-3)25-11-9-24(10-12-25)16-7-5-4-6-15(16)21;/h4-7,14,17-18H,8-13H2,1-3H3,(H,22,23);1H. The molecule has 1 saturated carbocycles. The highest BCUT2D eigenvalue weighted by Crippen LogP contribution is 2.52.